The van der Waals surface area contributed by atoms with Crippen LogP contribution in [0.1, 0.15) is 20.8 Å². The summed E-state index contributed by atoms with van der Waals surface area (Å²) in [5.41, 5.74) is -0.254. The maximum absolute atomic E-state index is 11.3. The number of rotatable bonds is 1. The van der Waals surface area contributed by atoms with Crippen molar-refractivity contribution in [3.05, 3.63) is 0 Å². The van der Waals surface area contributed by atoms with Gasteiger partial charge in [-0.3, -0.25) is 4.79 Å². The molecule has 0 aliphatic carbocycles. The topological polar surface area (TPSA) is 41.1 Å². The Morgan fingerprint density at radius 2 is 2.00 bits per heavy atom. The lowest BCUT2D eigenvalue weighted by Crippen LogP contribution is -2.58. The molecule has 1 saturated heterocycles. The van der Waals surface area contributed by atoms with Crippen molar-refractivity contribution in [1.82, 2.24) is 10.6 Å². The van der Waals surface area contributed by atoms with E-state index in [0.29, 0.717) is 6.04 Å². The summed E-state index contributed by atoms with van der Waals surface area (Å²) in [6.07, 6.45) is 0. The number of carbonyl (C=O) groups excluding carboxylic acids is 1. The Labute approximate surface area is 67.5 Å². The van der Waals surface area contributed by atoms with Crippen LogP contribution in [0.15, 0.2) is 0 Å². The zero-order valence-corrected chi connectivity index (χ0v) is 7.40. The fourth-order valence-electron chi connectivity index (χ4n) is 0.793. The van der Waals surface area contributed by atoms with Crippen molar-refractivity contribution >= 4 is 5.91 Å². The van der Waals surface area contributed by atoms with E-state index in [0.717, 1.165) is 13.1 Å². The summed E-state index contributed by atoms with van der Waals surface area (Å²) in [6, 6.07) is 0.363. The third kappa shape index (κ3) is 2.19. The fraction of sp³-hybridized carbons (Fsp3) is 0.875. The minimum Gasteiger partial charge on any atom is -0.350 e. The molecule has 0 aromatic rings. The fourth-order valence-corrected chi connectivity index (χ4v) is 0.793. The highest BCUT2D eigenvalue weighted by atomic mass is 16.2. The highest BCUT2D eigenvalue weighted by molar-refractivity contribution is 5.81. The van der Waals surface area contributed by atoms with Crippen LogP contribution in [0.2, 0.25) is 0 Å². The molecule has 0 radical (unpaired) electrons. The molecule has 0 unspecified atom stereocenters. The van der Waals surface area contributed by atoms with Crippen LogP contribution < -0.4 is 10.6 Å². The Balaban J connectivity index is 2.30. The molecule has 11 heavy (non-hydrogen) atoms. The first-order valence-corrected chi connectivity index (χ1v) is 4.02. The second-order valence-electron chi connectivity index (χ2n) is 4.08. The Bertz CT molecular complexity index is 156. The van der Waals surface area contributed by atoms with Crippen molar-refractivity contribution in [3.8, 4) is 0 Å². The van der Waals surface area contributed by atoms with Crippen LogP contribution in [0, 0.1) is 5.41 Å². The summed E-state index contributed by atoms with van der Waals surface area (Å²) in [5, 5.41) is 6.06. The molecule has 1 heterocycles. The van der Waals surface area contributed by atoms with E-state index in [-0.39, 0.29) is 11.3 Å². The molecule has 0 aromatic heterocycles. The van der Waals surface area contributed by atoms with Crippen molar-refractivity contribution < 1.29 is 4.79 Å². The molecule has 0 saturated carbocycles. The Morgan fingerprint density at radius 1 is 1.45 bits per heavy atom. The van der Waals surface area contributed by atoms with Crippen LogP contribution in [0.4, 0.5) is 0 Å². The molecular weight excluding hydrogens is 140 g/mol. The first-order valence-electron chi connectivity index (χ1n) is 4.02. The highest BCUT2D eigenvalue weighted by Crippen LogP contribution is 2.13. The van der Waals surface area contributed by atoms with Crippen LogP contribution in [-0.2, 0) is 4.79 Å². The van der Waals surface area contributed by atoms with Crippen molar-refractivity contribution in [1.29, 1.82) is 0 Å². The van der Waals surface area contributed by atoms with Gasteiger partial charge in [-0.05, 0) is 0 Å². The molecule has 1 aliphatic rings. The summed E-state index contributed by atoms with van der Waals surface area (Å²) in [4.78, 5) is 11.3. The van der Waals surface area contributed by atoms with Gasteiger partial charge in [-0.25, -0.2) is 0 Å². The molecule has 3 nitrogen and oxygen atoms in total. The van der Waals surface area contributed by atoms with Gasteiger partial charge in [0.05, 0.1) is 6.04 Å². The number of amides is 1. The predicted molar refractivity (Wildman–Crippen MR) is 44.3 cm³/mol. The average molecular weight is 156 g/mol. The normalized spacial score (nSPS) is 19.2. The third-order valence-electron chi connectivity index (χ3n) is 1.80. The number of hydrogen-bond donors (Lipinski definition) is 2. The minimum atomic E-state index is -0.254. The van der Waals surface area contributed by atoms with Gasteiger partial charge in [0, 0.05) is 18.5 Å². The van der Waals surface area contributed by atoms with Crippen LogP contribution in [0.25, 0.3) is 0 Å². The lowest BCUT2D eigenvalue weighted by atomic mass is 9.95. The molecule has 64 valence electrons. The number of nitrogens with one attached hydrogen (secondary N) is 2. The lowest BCUT2D eigenvalue weighted by molar-refractivity contribution is -0.129. The van der Waals surface area contributed by atoms with E-state index in [4.69, 9.17) is 0 Å². The van der Waals surface area contributed by atoms with E-state index in [1.807, 2.05) is 20.8 Å². The average Bonchev–Trinajstić information content (AvgIpc) is 1.75. The summed E-state index contributed by atoms with van der Waals surface area (Å²) < 4.78 is 0. The van der Waals surface area contributed by atoms with Gasteiger partial charge >= 0.3 is 0 Å². The third-order valence-corrected chi connectivity index (χ3v) is 1.80. The molecule has 0 spiro atoms. The Hall–Kier alpha value is -0.570. The van der Waals surface area contributed by atoms with Crippen molar-refractivity contribution in [2.45, 2.75) is 26.8 Å². The zero-order valence-electron chi connectivity index (χ0n) is 7.40. The molecule has 0 atom stereocenters. The Morgan fingerprint density at radius 3 is 2.27 bits per heavy atom. The molecular formula is C8H16N2O. The summed E-state index contributed by atoms with van der Waals surface area (Å²) in [7, 11) is 0. The quantitative estimate of drug-likeness (QED) is 0.566. The molecule has 0 bridgehead atoms. The number of carbonyl (C=O) groups is 1. The molecule has 3 heteroatoms. The van der Waals surface area contributed by atoms with Gasteiger partial charge in [-0.1, -0.05) is 20.8 Å². The van der Waals surface area contributed by atoms with E-state index in [2.05, 4.69) is 10.6 Å². The lowest BCUT2D eigenvalue weighted by Gasteiger charge is -2.30. The van der Waals surface area contributed by atoms with Gasteiger partial charge in [0.25, 0.3) is 0 Å². The minimum absolute atomic E-state index is 0.143. The van der Waals surface area contributed by atoms with E-state index in [1.54, 1.807) is 0 Å². The van der Waals surface area contributed by atoms with Crippen molar-refractivity contribution in [2.24, 2.45) is 5.41 Å². The summed E-state index contributed by atoms with van der Waals surface area (Å²) >= 11 is 0. The maximum Gasteiger partial charge on any atom is 0.225 e. The summed E-state index contributed by atoms with van der Waals surface area (Å²) in [5.74, 6) is 0.143. The van der Waals surface area contributed by atoms with Gasteiger partial charge in [0.2, 0.25) is 5.91 Å². The zero-order chi connectivity index (χ0) is 8.48. The van der Waals surface area contributed by atoms with E-state index in [1.165, 1.54) is 0 Å². The predicted octanol–water partition coefficient (Wildman–Crippen LogP) is 0.120. The second-order valence-corrected chi connectivity index (χ2v) is 4.08. The highest BCUT2D eigenvalue weighted by Gasteiger charge is 2.26. The van der Waals surface area contributed by atoms with E-state index < -0.39 is 0 Å². The van der Waals surface area contributed by atoms with E-state index >= 15 is 0 Å². The standard InChI is InChI=1S/C8H16N2O/c1-8(2,3)7(11)10-6-4-9-5-6/h6,9H,4-5H2,1-3H3,(H,10,11). The van der Waals surface area contributed by atoms with Gasteiger partial charge in [0.1, 0.15) is 0 Å². The maximum atomic E-state index is 11.3. The SMILES string of the molecule is CC(C)(C)C(=O)NC1CNC1. The second kappa shape index (κ2) is 2.81. The van der Waals surface area contributed by atoms with Crippen LogP contribution in [0.3, 0.4) is 0 Å². The van der Waals surface area contributed by atoms with Crippen LogP contribution in [-0.4, -0.2) is 25.0 Å². The monoisotopic (exact) mass is 156 g/mol. The smallest absolute Gasteiger partial charge is 0.225 e. The molecule has 1 fully saturated rings. The first-order chi connectivity index (χ1) is 5.00. The number of hydrogen-bond acceptors (Lipinski definition) is 2. The van der Waals surface area contributed by atoms with Crippen molar-refractivity contribution in [2.75, 3.05) is 13.1 Å². The van der Waals surface area contributed by atoms with Gasteiger partial charge in [-0.15, -0.1) is 0 Å². The van der Waals surface area contributed by atoms with Gasteiger partial charge in [0.15, 0.2) is 0 Å². The summed E-state index contributed by atoms with van der Waals surface area (Å²) in [6.45, 7) is 7.61. The molecule has 1 rings (SSSR count). The van der Waals surface area contributed by atoms with Crippen LogP contribution in [0.5, 0.6) is 0 Å². The molecule has 2 N–H and O–H groups in total. The Kier molecular flexibility index (Phi) is 2.18. The largest absolute Gasteiger partial charge is 0.350 e. The van der Waals surface area contributed by atoms with Gasteiger partial charge < -0.3 is 10.6 Å². The molecule has 1 amide bonds. The van der Waals surface area contributed by atoms with Crippen molar-refractivity contribution in [3.63, 3.8) is 0 Å². The van der Waals surface area contributed by atoms with Crippen LogP contribution >= 0.6 is 0 Å². The molecule has 1 aliphatic heterocycles. The first kappa shape index (κ1) is 8.53. The van der Waals surface area contributed by atoms with E-state index in [9.17, 15) is 4.79 Å². The van der Waals surface area contributed by atoms with Gasteiger partial charge in [-0.2, -0.15) is 0 Å². The molecule has 0 aromatic carbocycles.